The van der Waals surface area contributed by atoms with Gasteiger partial charge >= 0.3 is 0 Å². The molecule has 0 radical (unpaired) electrons. The van der Waals surface area contributed by atoms with Crippen molar-refractivity contribution in [1.29, 1.82) is 0 Å². The predicted octanol–water partition coefficient (Wildman–Crippen LogP) is 4.70. The predicted molar refractivity (Wildman–Crippen MR) is 151 cm³/mol. The minimum Gasteiger partial charge on any atom is -0.496 e. The van der Waals surface area contributed by atoms with E-state index >= 15 is 0 Å². The zero-order valence-corrected chi connectivity index (χ0v) is 23.3. The smallest absolute Gasteiger partial charge is 0.255 e. The number of nitrogens with zero attached hydrogens (tertiary/aromatic N) is 3. The molecule has 1 fully saturated rings. The third kappa shape index (κ3) is 6.00. The third-order valence-corrected chi connectivity index (χ3v) is 7.87. The number of methoxy groups -OCH3 is 1. The molecule has 39 heavy (non-hydrogen) atoms. The highest BCUT2D eigenvalue weighted by molar-refractivity contribution is 7.23. The van der Waals surface area contributed by atoms with Crippen LogP contribution in [0, 0.1) is 5.82 Å². The van der Waals surface area contributed by atoms with E-state index in [0.29, 0.717) is 46.9 Å². The van der Waals surface area contributed by atoms with Crippen molar-refractivity contribution in [1.82, 2.24) is 24.9 Å². The minimum atomic E-state index is -0.692. The van der Waals surface area contributed by atoms with Crippen molar-refractivity contribution in [3.63, 3.8) is 0 Å². The van der Waals surface area contributed by atoms with Crippen LogP contribution in [0.4, 0.5) is 8.78 Å². The number of alkyl halides is 1. The fraction of sp³-hybridized carbons (Fsp3) is 0.370. The van der Waals surface area contributed by atoms with E-state index in [2.05, 4.69) is 20.5 Å². The summed E-state index contributed by atoms with van der Waals surface area (Å²) in [6, 6.07) is 7.86. The number of hydrogen-bond acceptors (Lipinski definition) is 6. The number of likely N-dealkylation sites (tertiary alicyclic amines) is 1. The van der Waals surface area contributed by atoms with Gasteiger partial charge in [0.2, 0.25) is 0 Å². The van der Waals surface area contributed by atoms with E-state index in [1.165, 1.54) is 31.6 Å². The van der Waals surface area contributed by atoms with Crippen LogP contribution in [-0.4, -0.2) is 72.6 Å². The number of amides is 2. The number of rotatable bonds is 8. The standard InChI is InChI=1S/C27H29F2N5O3S.ClH/c1-30-25(35)16-4-5-18(20(29)12-16)21-15-34-22-14-23(37-2)19(13-24(22)38-27(34)32-21)26(36)31-8-3-9-33-10-6-17(28)7-11-33;/h4-5,12-15,17H,3,6-11H2,1-2H3,(H,30,35)(H,31,36);1H. The van der Waals surface area contributed by atoms with Gasteiger partial charge in [0.25, 0.3) is 11.8 Å². The number of aromatic nitrogens is 2. The zero-order valence-electron chi connectivity index (χ0n) is 21.6. The highest BCUT2D eigenvalue weighted by atomic mass is 35.5. The summed E-state index contributed by atoms with van der Waals surface area (Å²) in [6.07, 6.45) is 2.98. The zero-order chi connectivity index (χ0) is 26.8. The fourth-order valence-corrected chi connectivity index (χ4v) is 5.76. The van der Waals surface area contributed by atoms with Crippen LogP contribution in [0.15, 0.2) is 36.5 Å². The second-order valence-electron chi connectivity index (χ2n) is 9.30. The second-order valence-corrected chi connectivity index (χ2v) is 10.3. The number of carbonyl (C=O) groups is 2. The van der Waals surface area contributed by atoms with Crippen molar-refractivity contribution >= 4 is 50.7 Å². The van der Waals surface area contributed by atoms with Gasteiger partial charge in [-0.15, -0.1) is 12.4 Å². The molecule has 3 heterocycles. The molecular formula is C27H30ClF2N5O3S. The van der Waals surface area contributed by atoms with Crippen LogP contribution in [-0.2, 0) is 0 Å². The summed E-state index contributed by atoms with van der Waals surface area (Å²) < 4.78 is 36.3. The number of halogens is 3. The van der Waals surface area contributed by atoms with Crippen LogP contribution in [0.3, 0.4) is 0 Å². The number of ether oxygens (including phenoxy) is 1. The molecule has 0 bridgehead atoms. The number of thiazole rings is 1. The lowest BCUT2D eigenvalue weighted by molar-refractivity contribution is 0.0943. The summed E-state index contributed by atoms with van der Waals surface area (Å²) in [5, 5.41) is 5.44. The minimum absolute atomic E-state index is 0. The molecule has 4 aromatic rings. The van der Waals surface area contributed by atoms with E-state index in [0.717, 1.165) is 36.3 Å². The third-order valence-electron chi connectivity index (χ3n) is 6.85. The number of fused-ring (bicyclic) bond motifs is 3. The van der Waals surface area contributed by atoms with E-state index in [4.69, 9.17) is 4.74 Å². The van der Waals surface area contributed by atoms with Crippen molar-refractivity contribution in [3.05, 3.63) is 53.5 Å². The molecule has 1 aliphatic rings. The van der Waals surface area contributed by atoms with E-state index < -0.39 is 12.0 Å². The lowest BCUT2D eigenvalue weighted by Gasteiger charge is -2.28. The summed E-state index contributed by atoms with van der Waals surface area (Å²) >= 11 is 1.39. The Balaban J connectivity index is 0.00000353. The molecule has 8 nitrogen and oxygen atoms in total. The molecular weight excluding hydrogens is 548 g/mol. The summed E-state index contributed by atoms with van der Waals surface area (Å²) in [5.74, 6) is -0.700. The van der Waals surface area contributed by atoms with Gasteiger partial charge in [0, 0.05) is 50.1 Å². The molecule has 208 valence electrons. The molecule has 2 amide bonds. The molecule has 12 heteroatoms. The van der Waals surface area contributed by atoms with Crippen molar-refractivity contribution in [3.8, 4) is 17.0 Å². The summed E-state index contributed by atoms with van der Waals surface area (Å²) in [6.45, 7) is 2.85. The Bertz CT molecular complexity index is 1500. The van der Waals surface area contributed by atoms with Crippen LogP contribution in [0.5, 0.6) is 5.75 Å². The summed E-state index contributed by atoms with van der Waals surface area (Å²) in [7, 11) is 3.01. The molecule has 1 saturated heterocycles. The van der Waals surface area contributed by atoms with E-state index in [-0.39, 0.29) is 29.8 Å². The Morgan fingerprint density at radius 1 is 1.18 bits per heavy atom. The van der Waals surface area contributed by atoms with E-state index in [9.17, 15) is 18.4 Å². The average Bonchev–Trinajstić information content (AvgIpc) is 3.48. The molecule has 2 aromatic heterocycles. The number of imidazole rings is 1. The van der Waals surface area contributed by atoms with Gasteiger partial charge in [0.1, 0.15) is 17.7 Å². The maximum Gasteiger partial charge on any atom is 0.255 e. The van der Waals surface area contributed by atoms with Gasteiger partial charge < -0.3 is 20.3 Å². The SMILES string of the molecule is CNC(=O)c1ccc(-c2cn3c(n2)sc2cc(C(=O)NCCCN4CCC(F)CC4)c(OC)cc23)c(F)c1.Cl. The maximum atomic E-state index is 14.8. The number of piperidine rings is 1. The Kier molecular flexibility index (Phi) is 9.04. The Labute approximate surface area is 234 Å². The van der Waals surface area contributed by atoms with Gasteiger partial charge in [-0.1, -0.05) is 11.3 Å². The van der Waals surface area contributed by atoms with Crippen LogP contribution in [0.1, 0.15) is 40.0 Å². The van der Waals surface area contributed by atoms with Crippen LogP contribution in [0.25, 0.3) is 26.4 Å². The summed E-state index contributed by atoms with van der Waals surface area (Å²) in [4.78, 5) is 32.2. The van der Waals surface area contributed by atoms with Crippen molar-refractivity contribution in [2.45, 2.75) is 25.4 Å². The molecule has 0 atom stereocenters. The van der Waals surface area contributed by atoms with Gasteiger partial charge in [-0.25, -0.2) is 13.8 Å². The lowest BCUT2D eigenvalue weighted by Crippen LogP contribution is -2.36. The number of benzene rings is 2. The fourth-order valence-electron chi connectivity index (χ4n) is 4.73. The first-order chi connectivity index (χ1) is 18.4. The average molecular weight is 578 g/mol. The number of hydrogen-bond donors (Lipinski definition) is 2. The topological polar surface area (TPSA) is 88.0 Å². The molecule has 5 rings (SSSR count). The monoisotopic (exact) mass is 577 g/mol. The van der Waals surface area contributed by atoms with Gasteiger partial charge in [0.15, 0.2) is 4.96 Å². The number of nitrogens with one attached hydrogen (secondary N) is 2. The molecule has 0 spiro atoms. The Morgan fingerprint density at radius 3 is 2.64 bits per heavy atom. The first-order valence-corrected chi connectivity index (χ1v) is 13.4. The highest BCUT2D eigenvalue weighted by Gasteiger charge is 2.20. The first-order valence-electron chi connectivity index (χ1n) is 12.5. The Morgan fingerprint density at radius 2 is 1.95 bits per heavy atom. The molecule has 0 unspecified atom stereocenters. The molecule has 0 saturated carbocycles. The first kappa shape index (κ1) is 28.7. The molecule has 2 aromatic carbocycles. The largest absolute Gasteiger partial charge is 0.496 e. The van der Waals surface area contributed by atoms with E-state index in [1.54, 1.807) is 30.5 Å². The second kappa shape index (κ2) is 12.3. The highest BCUT2D eigenvalue weighted by Crippen LogP contribution is 2.34. The molecule has 0 aliphatic carbocycles. The van der Waals surface area contributed by atoms with Crippen LogP contribution < -0.4 is 15.4 Å². The maximum absolute atomic E-state index is 14.8. The number of carbonyl (C=O) groups excluding carboxylic acids is 2. The summed E-state index contributed by atoms with van der Waals surface area (Å²) in [5.41, 5.74) is 2.18. The van der Waals surface area contributed by atoms with Crippen molar-refractivity contribution < 1.29 is 23.1 Å². The lowest BCUT2D eigenvalue weighted by atomic mass is 10.1. The van der Waals surface area contributed by atoms with Crippen molar-refractivity contribution in [2.24, 2.45) is 0 Å². The quantitative estimate of drug-likeness (QED) is 0.297. The van der Waals surface area contributed by atoms with Gasteiger partial charge in [0.05, 0.1) is 28.6 Å². The van der Waals surface area contributed by atoms with Gasteiger partial charge in [-0.05, 0) is 50.1 Å². The Hall–Kier alpha value is -3.28. The molecule has 2 N–H and O–H groups in total. The van der Waals surface area contributed by atoms with Gasteiger partial charge in [-0.2, -0.15) is 0 Å². The van der Waals surface area contributed by atoms with E-state index in [1.807, 2.05) is 4.40 Å². The normalized spacial score (nSPS) is 14.4. The van der Waals surface area contributed by atoms with Crippen LogP contribution >= 0.6 is 23.7 Å². The van der Waals surface area contributed by atoms with Crippen LogP contribution in [0.2, 0.25) is 0 Å². The van der Waals surface area contributed by atoms with Crippen molar-refractivity contribution in [2.75, 3.05) is 40.3 Å². The van der Waals surface area contributed by atoms with Gasteiger partial charge in [-0.3, -0.25) is 14.0 Å². The molecule has 1 aliphatic heterocycles.